The normalized spacial score (nSPS) is 17.4. The fourth-order valence-corrected chi connectivity index (χ4v) is 4.30. The van der Waals surface area contributed by atoms with Crippen molar-refractivity contribution in [2.75, 3.05) is 18.5 Å². The van der Waals surface area contributed by atoms with Crippen LogP contribution in [-0.2, 0) is 10.0 Å². The molecule has 0 fully saturated rings. The Hall–Kier alpha value is -2.36. The lowest BCUT2D eigenvalue weighted by Crippen LogP contribution is -2.36. The second kappa shape index (κ2) is 6.03. The molecule has 5 nitrogen and oxygen atoms in total. The van der Waals surface area contributed by atoms with Crippen molar-refractivity contribution in [3.8, 4) is 6.07 Å². The van der Waals surface area contributed by atoms with E-state index < -0.39 is 10.0 Å². The first kappa shape index (κ1) is 15.5. The van der Waals surface area contributed by atoms with Crippen molar-refractivity contribution in [2.45, 2.75) is 17.4 Å². The van der Waals surface area contributed by atoms with Crippen LogP contribution in [0.15, 0.2) is 53.4 Å². The monoisotopic (exact) mass is 327 g/mol. The predicted molar refractivity (Wildman–Crippen MR) is 88.5 cm³/mol. The van der Waals surface area contributed by atoms with Crippen molar-refractivity contribution in [1.82, 2.24) is 4.72 Å². The Balaban J connectivity index is 1.96. The highest BCUT2D eigenvalue weighted by Crippen LogP contribution is 2.33. The maximum atomic E-state index is 12.7. The molecule has 1 atom stereocenters. The van der Waals surface area contributed by atoms with Gasteiger partial charge < -0.3 is 4.90 Å². The molecule has 3 rings (SSSR count). The van der Waals surface area contributed by atoms with Gasteiger partial charge in [-0.3, -0.25) is 0 Å². The Kier molecular flexibility index (Phi) is 4.07. The van der Waals surface area contributed by atoms with Crippen molar-refractivity contribution >= 4 is 15.7 Å². The molecule has 23 heavy (non-hydrogen) atoms. The molecule has 1 heterocycles. The molecule has 2 aromatic carbocycles. The lowest BCUT2D eigenvalue weighted by molar-refractivity contribution is 0.528. The van der Waals surface area contributed by atoms with Gasteiger partial charge in [-0.15, -0.1) is 0 Å². The molecular formula is C17H17N3O2S. The van der Waals surface area contributed by atoms with E-state index in [1.165, 1.54) is 12.1 Å². The number of para-hydroxylation sites is 1. The van der Waals surface area contributed by atoms with Gasteiger partial charge in [0.15, 0.2) is 0 Å². The molecule has 0 spiro atoms. The number of sulfonamides is 1. The molecule has 0 aliphatic carbocycles. The zero-order chi connectivity index (χ0) is 16.4. The average molecular weight is 327 g/mol. The van der Waals surface area contributed by atoms with Crippen LogP contribution in [-0.4, -0.2) is 22.0 Å². The van der Waals surface area contributed by atoms with Gasteiger partial charge in [0, 0.05) is 19.3 Å². The second-order valence-electron chi connectivity index (χ2n) is 5.55. The minimum absolute atomic E-state index is 0.0268. The molecule has 0 bridgehead atoms. The van der Waals surface area contributed by atoms with Crippen LogP contribution in [0.2, 0.25) is 0 Å². The van der Waals surface area contributed by atoms with E-state index in [2.05, 4.69) is 9.62 Å². The number of hydrogen-bond donors (Lipinski definition) is 1. The molecule has 0 aromatic heterocycles. The SMILES string of the molecule is CN1CCC(NS(=O)(=O)c2ccccc2C#N)c2ccccc21. The summed E-state index contributed by atoms with van der Waals surface area (Å²) in [6.07, 6.45) is 0.682. The Labute approximate surface area is 136 Å². The van der Waals surface area contributed by atoms with E-state index >= 15 is 0 Å². The molecule has 0 radical (unpaired) electrons. The third kappa shape index (κ3) is 2.93. The molecule has 1 aliphatic rings. The fourth-order valence-electron chi connectivity index (χ4n) is 2.90. The maximum absolute atomic E-state index is 12.7. The molecule has 0 saturated carbocycles. The molecule has 1 aliphatic heterocycles. The molecule has 1 unspecified atom stereocenters. The number of nitrogens with zero attached hydrogens (tertiary/aromatic N) is 2. The van der Waals surface area contributed by atoms with E-state index in [-0.39, 0.29) is 16.5 Å². The van der Waals surface area contributed by atoms with E-state index in [4.69, 9.17) is 5.26 Å². The van der Waals surface area contributed by atoms with Crippen molar-refractivity contribution in [2.24, 2.45) is 0 Å². The van der Waals surface area contributed by atoms with E-state index in [0.29, 0.717) is 6.42 Å². The van der Waals surface area contributed by atoms with Gasteiger partial charge in [0.05, 0.1) is 16.5 Å². The standard InChI is InChI=1S/C17H17N3O2S/c1-20-11-10-15(14-7-3-4-8-16(14)20)19-23(21,22)17-9-5-2-6-13(17)12-18/h2-9,15,19H,10-11H2,1H3. The smallest absolute Gasteiger partial charge is 0.242 e. The van der Waals surface area contributed by atoms with Crippen LogP contribution < -0.4 is 9.62 Å². The third-order valence-corrected chi connectivity index (χ3v) is 5.60. The number of anilines is 1. The molecule has 0 saturated heterocycles. The highest BCUT2D eigenvalue weighted by Gasteiger charge is 2.28. The van der Waals surface area contributed by atoms with Gasteiger partial charge >= 0.3 is 0 Å². The van der Waals surface area contributed by atoms with Gasteiger partial charge in [-0.2, -0.15) is 5.26 Å². The summed E-state index contributed by atoms with van der Waals surface area (Å²) in [7, 11) is -1.76. The van der Waals surface area contributed by atoms with Crippen molar-refractivity contribution in [3.05, 3.63) is 59.7 Å². The first-order valence-electron chi connectivity index (χ1n) is 7.34. The summed E-state index contributed by atoms with van der Waals surface area (Å²) in [6, 6.07) is 15.7. The molecular weight excluding hydrogens is 310 g/mol. The summed E-state index contributed by atoms with van der Waals surface area (Å²) in [5.74, 6) is 0. The summed E-state index contributed by atoms with van der Waals surface area (Å²) < 4.78 is 28.1. The topological polar surface area (TPSA) is 73.2 Å². The van der Waals surface area contributed by atoms with Crippen LogP contribution in [0.4, 0.5) is 5.69 Å². The number of nitrogens with one attached hydrogen (secondary N) is 1. The summed E-state index contributed by atoms with van der Waals surface area (Å²) in [6.45, 7) is 0.768. The Morgan fingerprint density at radius 1 is 1.17 bits per heavy atom. The van der Waals surface area contributed by atoms with Crippen LogP contribution in [0, 0.1) is 11.3 Å². The quantitative estimate of drug-likeness (QED) is 0.939. The fraction of sp³-hybridized carbons (Fsp3) is 0.235. The first-order valence-corrected chi connectivity index (χ1v) is 8.83. The third-order valence-electron chi connectivity index (χ3n) is 4.07. The van der Waals surface area contributed by atoms with Crippen molar-refractivity contribution < 1.29 is 8.42 Å². The largest absolute Gasteiger partial charge is 0.374 e. The van der Waals surface area contributed by atoms with Gasteiger partial charge in [0.1, 0.15) is 6.07 Å². The van der Waals surface area contributed by atoms with Gasteiger partial charge in [-0.25, -0.2) is 13.1 Å². The molecule has 1 N–H and O–H groups in total. The summed E-state index contributed by atoms with van der Waals surface area (Å²) in [5, 5.41) is 9.13. The lowest BCUT2D eigenvalue weighted by atomic mass is 9.98. The molecule has 118 valence electrons. The zero-order valence-corrected chi connectivity index (χ0v) is 13.5. The van der Waals surface area contributed by atoms with E-state index in [9.17, 15) is 8.42 Å². The van der Waals surface area contributed by atoms with Crippen LogP contribution in [0.25, 0.3) is 0 Å². The minimum atomic E-state index is -3.75. The Morgan fingerprint density at radius 3 is 2.65 bits per heavy atom. The van der Waals surface area contributed by atoms with Gasteiger partial charge in [-0.05, 0) is 30.2 Å². The van der Waals surface area contributed by atoms with Gasteiger partial charge in [-0.1, -0.05) is 30.3 Å². The molecule has 6 heteroatoms. The number of hydrogen-bond acceptors (Lipinski definition) is 4. The number of rotatable bonds is 3. The summed E-state index contributed by atoms with van der Waals surface area (Å²) in [4.78, 5) is 2.14. The van der Waals surface area contributed by atoms with E-state index in [0.717, 1.165) is 17.8 Å². The predicted octanol–water partition coefficient (Wildman–Crippen LogP) is 2.42. The minimum Gasteiger partial charge on any atom is -0.374 e. The van der Waals surface area contributed by atoms with Crippen molar-refractivity contribution in [1.29, 1.82) is 5.26 Å². The zero-order valence-electron chi connectivity index (χ0n) is 12.7. The lowest BCUT2D eigenvalue weighted by Gasteiger charge is -2.33. The average Bonchev–Trinajstić information content (AvgIpc) is 2.57. The number of fused-ring (bicyclic) bond motifs is 1. The van der Waals surface area contributed by atoms with E-state index in [1.54, 1.807) is 12.1 Å². The number of nitriles is 1. The van der Waals surface area contributed by atoms with E-state index in [1.807, 2.05) is 37.4 Å². The summed E-state index contributed by atoms with van der Waals surface area (Å²) in [5.41, 5.74) is 2.14. The first-order chi connectivity index (χ1) is 11.0. The van der Waals surface area contributed by atoms with Crippen LogP contribution in [0.5, 0.6) is 0 Å². The highest BCUT2D eigenvalue weighted by molar-refractivity contribution is 7.89. The number of benzene rings is 2. The van der Waals surface area contributed by atoms with Crippen LogP contribution in [0.1, 0.15) is 23.6 Å². The van der Waals surface area contributed by atoms with Crippen molar-refractivity contribution in [3.63, 3.8) is 0 Å². The molecule has 2 aromatic rings. The maximum Gasteiger partial charge on any atom is 0.242 e. The molecule has 0 amide bonds. The highest BCUT2D eigenvalue weighted by atomic mass is 32.2. The Bertz CT molecular complexity index is 871. The van der Waals surface area contributed by atoms with Crippen LogP contribution in [0.3, 0.4) is 0 Å². The van der Waals surface area contributed by atoms with Crippen LogP contribution >= 0.6 is 0 Å². The second-order valence-corrected chi connectivity index (χ2v) is 7.23. The summed E-state index contributed by atoms with van der Waals surface area (Å²) >= 11 is 0. The van der Waals surface area contributed by atoms with Gasteiger partial charge in [0.2, 0.25) is 10.0 Å². The van der Waals surface area contributed by atoms with Gasteiger partial charge in [0.25, 0.3) is 0 Å². The Morgan fingerprint density at radius 2 is 1.87 bits per heavy atom.